The van der Waals surface area contributed by atoms with Gasteiger partial charge in [0.25, 0.3) is 0 Å². The molecule has 1 aromatic carbocycles. The molecule has 0 amide bonds. The minimum atomic E-state index is 0.458. The summed E-state index contributed by atoms with van der Waals surface area (Å²) in [7, 11) is 0. The Morgan fingerprint density at radius 1 is 1.19 bits per heavy atom. The van der Waals surface area contributed by atoms with E-state index in [9.17, 15) is 0 Å². The minimum absolute atomic E-state index is 0.458. The van der Waals surface area contributed by atoms with Gasteiger partial charge in [0.1, 0.15) is 0 Å². The fourth-order valence-electron chi connectivity index (χ4n) is 1.53. The van der Waals surface area contributed by atoms with Crippen LogP contribution in [0.5, 0.6) is 0 Å². The van der Waals surface area contributed by atoms with E-state index in [1.54, 1.807) is 0 Å². The van der Waals surface area contributed by atoms with Crippen molar-refractivity contribution in [1.82, 2.24) is 5.32 Å². The highest BCUT2D eigenvalue weighted by molar-refractivity contribution is 6.18. The van der Waals surface area contributed by atoms with E-state index in [0.29, 0.717) is 17.8 Å². The summed E-state index contributed by atoms with van der Waals surface area (Å²) in [5.41, 5.74) is 4.06. The zero-order chi connectivity index (χ0) is 12.1. The highest BCUT2D eigenvalue weighted by Gasteiger charge is 2.09. The number of nitrogens with one attached hydrogen (secondary N) is 1. The number of hydrogen-bond donors (Lipinski definition) is 1. The molecule has 0 aliphatic heterocycles. The molecular weight excluding hydrogens is 218 g/mol. The molecule has 0 aliphatic rings. The van der Waals surface area contributed by atoms with Gasteiger partial charge in [0.2, 0.25) is 0 Å². The van der Waals surface area contributed by atoms with Crippen LogP contribution in [0, 0.1) is 19.8 Å². The normalized spacial score (nSPS) is 14.8. The SMILES string of the molecule is Cc1ccc(CNC(C)C(C)CCl)cc1C. The van der Waals surface area contributed by atoms with Gasteiger partial charge in [0, 0.05) is 18.5 Å². The first-order valence-corrected chi connectivity index (χ1v) is 6.43. The van der Waals surface area contributed by atoms with Crippen molar-refractivity contribution in [3.63, 3.8) is 0 Å². The number of benzene rings is 1. The molecule has 90 valence electrons. The molecule has 2 unspecified atom stereocenters. The standard InChI is InChI=1S/C14H22ClN/c1-10-5-6-14(7-11(10)2)9-16-13(4)12(3)8-15/h5-7,12-13,16H,8-9H2,1-4H3. The van der Waals surface area contributed by atoms with Gasteiger partial charge in [0.05, 0.1) is 0 Å². The zero-order valence-electron chi connectivity index (χ0n) is 10.7. The highest BCUT2D eigenvalue weighted by Crippen LogP contribution is 2.11. The average molecular weight is 240 g/mol. The molecule has 2 heteroatoms. The Balaban J connectivity index is 2.51. The minimum Gasteiger partial charge on any atom is -0.310 e. The predicted octanol–water partition coefficient (Wildman–Crippen LogP) is 3.66. The van der Waals surface area contributed by atoms with Crippen molar-refractivity contribution in [1.29, 1.82) is 0 Å². The second-order valence-electron chi connectivity index (χ2n) is 4.72. The first kappa shape index (κ1) is 13.5. The number of aryl methyl sites for hydroxylation is 2. The summed E-state index contributed by atoms with van der Waals surface area (Å²) in [4.78, 5) is 0. The fraction of sp³-hybridized carbons (Fsp3) is 0.571. The molecule has 1 nitrogen and oxygen atoms in total. The van der Waals surface area contributed by atoms with Crippen LogP contribution in [-0.2, 0) is 6.54 Å². The maximum atomic E-state index is 5.83. The smallest absolute Gasteiger partial charge is 0.0263 e. The lowest BCUT2D eigenvalue weighted by Gasteiger charge is -2.19. The van der Waals surface area contributed by atoms with Crippen LogP contribution in [0.1, 0.15) is 30.5 Å². The van der Waals surface area contributed by atoms with Crippen LogP contribution in [0.25, 0.3) is 0 Å². The van der Waals surface area contributed by atoms with Crippen molar-refractivity contribution >= 4 is 11.6 Å². The fourth-order valence-corrected chi connectivity index (χ4v) is 1.79. The summed E-state index contributed by atoms with van der Waals surface area (Å²) in [6, 6.07) is 7.08. The van der Waals surface area contributed by atoms with Crippen LogP contribution >= 0.6 is 11.6 Å². The monoisotopic (exact) mass is 239 g/mol. The van der Waals surface area contributed by atoms with Crippen molar-refractivity contribution in [2.45, 2.75) is 40.3 Å². The van der Waals surface area contributed by atoms with Gasteiger partial charge in [-0.2, -0.15) is 0 Å². The van der Waals surface area contributed by atoms with Crippen molar-refractivity contribution in [2.75, 3.05) is 5.88 Å². The molecule has 0 bridgehead atoms. The lowest BCUT2D eigenvalue weighted by Crippen LogP contribution is -2.32. The van der Waals surface area contributed by atoms with E-state index >= 15 is 0 Å². The van der Waals surface area contributed by atoms with Crippen molar-refractivity contribution in [2.24, 2.45) is 5.92 Å². The Morgan fingerprint density at radius 3 is 2.44 bits per heavy atom. The largest absolute Gasteiger partial charge is 0.310 e. The summed E-state index contributed by atoms with van der Waals surface area (Å²) in [6.45, 7) is 9.58. The molecule has 1 rings (SSSR count). The van der Waals surface area contributed by atoms with Crippen LogP contribution in [-0.4, -0.2) is 11.9 Å². The molecule has 16 heavy (non-hydrogen) atoms. The van der Waals surface area contributed by atoms with E-state index < -0.39 is 0 Å². The van der Waals surface area contributed by atoms with Crippen LogP contribution < -0.4 is 5.32 Å². The average Bonchev–Trinajstić information content (AvgIpc) is 2.29. The maximum absolute atomic E-state index is 5.83. The molecule has 0 saturated heterocycles. The first-order valence-electron chi connectivity index (χ1n) is 5.90. The van der Waals surface area contributed by atoms with E-state index in [0.717, 1.165) is 6.54 Å². The molecule has 0 aliphatic carbocycles. The third-order valence-corrected chi connectivity index (χ3v) is 3.78. The van der Waals surface area contributed by atoms with Gasteiger partial charge in [-0.25, -0.2) is 0 Å². The molecule has 1 N–H and O–H groups in total. The molecule has 0 heterocycles. The van der Waals surface area contributed by atoms with Gasteiger partial charge in [-0.05, 0) is 43.4 Å². The van der Waals surface area contributed by atoms with Crippen LogP contribution in [0.4, 0.5) is 0 Å². The number of alkyl halides is 1. The van der Waals surface area contributed by atoms with Gasteiger partial charge >= 0.3 is 0 Å². The Kier molecular flexibility index (Phi) is 5.30. The molecule has 0 radical (unpaired) electrons. The van der Waals surface area contributed by atoms with Crippen molar-refractivity contribution in [3.8, 4) is 0 Å². The van der Waals surface area contributed by atoms with Gasteiger partial charge in [-0.15, -0.1) is 11.6 Å². The summed E-state index contributed by atoms with van der Waals surface area (Å²) < 4.78 is 0. The van der Waals surface area contributed by atoms with Gasteiger partial charge in [0.15, 0.2) is 0 Å². The van der Waals surface area contributed by atoms with E-state index in [2.05, 4.69) is 51.2 Å². The van der Waals surface area contributed by atoms with Crippen LogP contribution in [0.3, 0.4) is 0 Å². The maximum Gasteiger partial charge on any atom is 0.0263 e. The summed E-state index contributed by atoms with van der Waals surface area (Å²) >= 11 is 5.83. The molecule has 0 saturated carbocycles. The van der Waals surface area contributed by atoms with Gasteiger partial charge < -0.3 is 5.32 Å². The molecule has 0 aromatic heterocycles. The van der Waals surface area contributed by atoms with Crippen LogP contribution in [0.2, 0.25) is 0 Å². The third-order valence-electron chi connectivity index (χ3n) is 3.30. The van der Waals surface area contributed by atoms with Crippen LogP contribution in [0.15, 0.2) is 18.2 Å². The second kappa shape index (κ2) is 6.27. The predicted molar refractivity (Wildman–Crippen MR) is 72.1 cm³/mol. The Hall–Kier alpha value is -0.530. The first-order chi connectivity index (χ1) is 7.54. The lowest BCUT2D eigenvalue weighted by atomic mass is 10.0. The van der Waals surface area contributed by atoms with E-state index in [1.165, 1.54) is 16.7 Å². The van der Waals surface area contributed by atoms with E-state index in [-0.39, 0.29) is 0 Å². The number of hydrogen-bond acceptors (Lipinski definition) is 1. The molecule has 0 spiro atoms. The summed E-state index contributed by atoms with van der Waals surface area (Å²) in [6.07, 6.45) is 0. The lowest BCUT2D eigenvalue weighted by molar-refractivity contribution is 0.430. The van der Waals surface area contributed by atoms with Crippen molar-refractivity contribution in [3.05, 3.63) is 34.9 Å². The summed E-state index contributed by atoms with van der Waals surface area (Å²) in [5, 5.41) is 3.51. The molecule has 1 aromatic rings. The summed E-state index contributed by atoms with van der Waals surface area (Å²) in [5.74, 6) is 1.22. The quantitative estimate of drug-likeness (QED) is 0.774. The molecular formula is C14H22ClN. The Morgan fingerprint density at radius 2 is 1.88 bits per heavy atom. The second-order valence-corrected chi connectivity index (χ2v) is 5.03. The third kappa shape index (κ3) is 3.80. The van der Waals surface area contributed by atoms with Gasteiger partial charge in [-0.1, -0.05) is 25.1 Å². The van der Waals surface area contributed by atoms with Gasteiger partial charge in [-0.3, -0.25) is 0 Å². The topological polar surface area (TPSA) is 12.0 Å². The number of rotatable bonds is 5. The Labute approximate surface area is 104 Å². The zero-order valence-corrected chi connectivity index (χ0v) is 11.4. The van der Waals surface area contributed by atoms with E-state index in [4.69, 9.17) is 11.6 Å². The molecule has 0 fully saturated rings. The highest BCUT2D eigenvalue weighted by atomic mass is 35.5. The number of halogens is 1. The molecule has 2 atom stereocenters. The Bertz CT molecular complexity index is 336. The van der Waals surface area contributed by atoms with E-state index in [1.807, 2.05) is 0 Å². The van der Waals surface area contributed by atoms with Crippen molar-refractivity contribution < 1.29 is 0 Å².